The number of amides is 2. The van der Waals surface area contributed by atoms with Crippen LogP contribution in [-0.4, -0.2) is 66.1 Å². The van der Waals surface area contributed by atoms with E-state index in [1.165, 1.54) is 43.3 Å². The normalized spacial score (nSPS) is 20.8. The standard InChI is InChI=1S/C24H37N5O2S/c1-4-29-23(31)20(32-24(29)21(25)22(30)27-15-17(2)3)16-26-19-9-7-18(8-10-19)11-14-28-12-5-6-13-28/h7-10,17,20,26H,4-6,11-16,25H2,1-3H3,(H,27,30)/b24-21+/t20-/m1/s1. The SMILES string of the molecule is CCN1C(=O)[C@@H](CNc2ccc(CCN3CCCC3)cc2)S/C1=C(/N)C(=O)NCC(C)C. The molecule has 2 aliphatic heterocycles. The van der Waals surface area contributed by atoms with Crippen molar-refractivity contribution in [2.24, 2.45) is 11.7 Å². The summed E-state index contributed by atoms with van der Waals surface area (Å²) in [6.45, 7) is 11.0. The Labute approximate surface area is 196 Å². The molecule has 0 aliphatic carbocycles. The van der Waals surface area contributed by atoms with Crippen molar-refractivity contribution in [3.05, 3.63) is 40.6 Å². The van der Waals surface area contributed by atoms with Crippen LogP contribution in [0.25, 0.3) is 0 Å². The maximum Gasteiger partial charge on any atom is 0.269 e. The Morgan fingerprint density at radius 1 is 1.22 bits per heavy atom. The first-order chi connectivity index (χ1) is 15.4. The van der Waals surface area contributed by atoms with Crippen molar-refractivity contribution in [1.82, 2.24) is 15.1 Å². The molecule has 3 rings (SSSR count). The van der Waals surface area contributed by atoms with E-state index in [1.54, 1.807) is 4.90 Å². The van der Waals surface area contributed by atoms with Crippen LogP contribution in [-0.2, 0) is 16.0 Å². The molecule has 0 radical (unpaired) electrons. The van der Waals surface area contributed by atoms with E-state index in [9.17, 15) is 9.59 Å². The molecule has 7 nitrogen and oxygen atoms in total. The van der Waals surface area contributed by atoms with Crippen molar-refractivity contribution < 1.29 is 9.59 Å². The topological polar surface area (TPSA) is 90.7 Å². The van der Waals surface area contributed by atoms with Gasteiger partial charge in [-0.05, 0) is 62.9 Å². The lowest BCUT2D eigenvalue weighted by Gasteiger charge is -2.17. The summed E-state index contributed by atoms with van der Waals surface area (Å²) in [4.78, 5) is 29.4. The number of nitrogens with two attached hydrogens (primary N) is 1. The van der Waals surface area contributed by atoms with Crippen molar-refractivity contribution >= 4 is 29.3 Å². The van der Waals surface area contributed by atoms with Gasteiger partial charge in [0.1, 0.15) is 16.0 Å². The van der Waals surface area contributed by atoms with Gasteiger partial charge in [0.15, 0.2) is 0 Å². The average Bonchev–Trinajstić information content (AvgIpc) is 3.42. The molecule has 1 atom stereocenters. The number of benzene rings is 1. The minimum Gasteiger partial charge on any atom is -0.392 e. The number of likely N-dealkylation sites (tertiary alicyclic amines) is 1. The van der Waals surface area contributed by atoms with E-state index < -0.39 is 0 Å². The van der Waals surface area contributed by atoms with Gasteiger partial charge in [-0.1, -0.05) is 37.7 Å². The second-order valence-corrected chi connectivity index (χ2v) is 10.1. The van der Waals surface area contributed by atoms with Gasteiger partial charge in [0, 0.05) is 31.9 Å². The van der Waals surface area contributed by atoms with Crippen LogP contribution < -0.4 is 16.4 Å². The molecule has 176 valence electrons. The van der Waals surface area contributed by atoms with E-state index in [0.29, 0.717) is 30.6 Å². The largest absolute Gasteiger partial charge is 0.392 e. The second kappa shape index (κ2) is 11.6. The summed E-state index contributed by atoms with van der Waals surface area (Å²) in [6, 6.07) is 8.46. The van der Waals surface area contributed by atoms with Crippen LogP contribution in [0.4, 0.5) is 5.69 Å². The van der Waals surface area contributed by atoms with Gasteiger partial charge in [0.25, 0.3) is 5.91 Å². The Morgan fingerprint density at radius 3 is 2.53 bits per heavy atom. The van der Waals surface area contributed by atoms with Gasteiger partial charge >= 0.3 is 0 Å². The molecule has 4 N–H and O–H groups in total. The fraction of sp³-hybridized carbons (Fsp3) is 0.583. The Bertz CT molecular complexity index is 818. The first-order valence-electron chi connectivity index (χ1n) is 11.7. The number of nitrogens with zero attached hydrogens (tertiary/aromatic N) is 2. The van der Waals surface area contributed by atoms with Crippen LogP contribution in [0.2, 0.25) is 0 Å². The van der Waals surface area contributed by atoms with Crippen molar-refractivity contribution in [3.8, 4) is 0 Å². The summed E-state index contributed by atoms with van der Waals surface area (Å²) in [5.74, 6) is 0.00728. The number of nitrogens with one attached hydrogen (secondary N) is 2. The number of hydrogen-bond donors (Lipinski definition) is 3. The van der Waals surface area contributed by atoms with Gasteiger partial charge < -0.3 is 26.2 Å². The molecule has 2 saturated heterocycles. The number of thioether (sulfide) groups is 1. The predicted octanol–water partition coefficient (Wildman–Crippen LogP) is 2.60. The molecule has 2 amide bonds. The van der Waals surface area contributed by atoms with E-state index in [1.807, 2.05) is 20.8 Å². The Morgan fingerprint density at radius 2 is 1.91 bits per heavy atom. The highest BCUT2D eigenvalue weighted by molar-refractivity contribution is 8.04. The minimum absolute atomic E-state index is 0.0122. The molecule has 1 aromatic rings. The van der Waals surface area contributed by atoms with Crippen LogP contribution in [0, 0.1) is 5.92 Å². The lowest BCUT2D eigenvalue weighted by Crippen LogP contribution is -2.36. The molecule has 0 unspecified atom stereocenters. The van der Waals surface area contributed by atoms with Crippen LogP contribution in [0.5, 0.6) is 0 Å². The fourth-order valence-electron chi connectivity index (χ4n) is 3.94. The summed E-state index contributed by atoms with van der Waals surface area (Å²) in [6.07, 6.45) is 3.71. The summed E-state index contributed by atoms with van der Waals surface area (Å²) >= 11 is 1.37. The second-order valence-electron chi connectivity index (χ2n) is 8.89. The molecule has 0 aromatic heterocycles. The van der Waals surface area contributed by atoms with Crippen LogP contribution in [0.3, 0.4) is 0 Å². The van der Waals surface area contributed by atoms with Crippen LogP contribution >= 0.6 is 11.8 Å². The maximum absolute atomic E-state index is 12.9. The van der Waals surface area contributed by atoms with Gasteiger partial charge in [0.2, 0.25) is 5.91 Å². The Balaban J connectivity index is 1.54. The Kier molecular flexibility index (Phi) is 8.87. The summed E-state index contributed by atoms with van der Waals surface area (Å²) in [5.41, 5.74) is 8.57. The number of rotatable bonds is 10. The van der Waals surface area contributed by atoms with Crippen molar-refractivity contribution in [2.45, 2.75) is 45.3 Å². The highest BCUT2D eigenvalue weighted by atomic mass is 32.2. The van der Waals surface area contributed by atoms with Crippen molar-refractivity contribution in [3.63, 3.8) is 0 Å². The molecule has 2 fully saturated rings. The van der Waals surface area contributed by atoms with E-state index >= 15 is 0 Å². The summed E-state index contributed by atoms with van der Waals surface area (Å²) in [5, 5.41) is 6.45. The predicted molar refractivity (Wildman–Crippen MR) is 132 cm³/mol. The van der Waals surface area contributed by atoms with Crippen LogP contribution in [0.15, 0.2) is 35.0 Å². The maximum atomic E-state index is 12.9. The lowest BCUT2D eigenvalue weighted by atomic mass is 10.1. The lowest BCUT2D eigenvalue weighted by molar-refractivity contribution is -0.127. The molecule has 1 aromatic carbocycles. The van der Waals surface area contributed by atoms with Gasteiger partial charge in [-0.2, -0.15) is 0 Å². The van der Waals surface area contributed by atoms with E-state index in [2.05, 4.69) is 39.8 Å². The van der Waals surface area contributed by atoms with E-state index in [0.717, 1.165) is 18.7 Å². The summed E-state index contributed by atoms with van der Waals surface area (Å²) in [7, 11) is 0. The number of carbonyl (C=O) groups is 2. The quantitative estimate of drug-likeness (QED) is 0.466. The molecule has 2 aliphatic rings. The summed E-state index contributed by atoms with van der Waals surface area (Å²) < 4.78 is 0. The third-order valence-corrected chi connectivity index (χ3v) is 7.18. The third-order valence-electron chi connectivity index (χ3n) is 5.86. The van der Waals surface area contributed by atoms with E-state index in [-0.39, 0.29) is 22.8 Å². The number of anilines is 1. The Hall–Kier alpha value is -2.19. The average molecular weight is 460 g/mol. The molecule has 0 saturated carbocycles. The highest BCUT2D eigenvalue weighted by Gasteiger charge is 2.38. The van der Waals surface area contributed by atoms with Gasteiger partial charge in [0.05, 0.1) is 0 Å². The molecule has 2 heterocycles. The fourth-order valence-corrected chi connectivity index (χ4v) is 5.17. The molecular formula is C24H37N5O2S. The molecular weight excluding hydrogens is 422 g/mol. The number of carbonyl (C=O) groups excluding carboxylic acids is 2. The van der Waals surface area contributed by atoms with Gasteiger partial charge in [-0.25, -0.2) is 0 Å². The molecule has 0 bridgehead atoms. The zero-order chi connectivity index (χ0) is 23.1. The highest BCUT2D eigenvalue weighted by Crippen LogP contribution is 2.36. The number of hydrogen-bond acceptors (Lipinski definition) is 6. The smallest absolute Gasteiger partial charge is 0.269 e. The molecule has 8 heteroatoms. The van der Waals surface area contributed by atoms with Crippen molar-refractivity contribution in [2.75, 3.05) is 44.6 Å². The zero-order valence-corrected chi connectivity index (χ0v) is 20.3. The van der Waals surface area contributed by atoms with Crippen LogP contribution in [0.1, 0.15) is 39.2 Å². The van der Waals surface area contributed by atoms with E-state index in [4.69, 9.17) is 5.73 Å². The van der Waals surface area contributed by atoms with Crippen molar-refractivity contribution in [1.29, 1.82) is 0 Å². The zero-order valence-electron chi connectivity index (χ0n) is 19.5. The first-order valence-corrected chi connectivity index (χ1v) is 12.6. The van der Waals surface area contributed by atoms with Gasteiger partial charge in [-0.15, -0.1) is 0 Å². The minimum atomic E-state index is -0.314. The van der Waals surface area contributed by atoms with Gasteiger partial charge in [-0.3, -0.25) is 9.59 Å². The first kappa shape index (κ1) is 24.5. The molecule has 32 heavy (non-hydrogen) atoms. The molecule has 0 spiro atoms. The monoisotopic (exact) mass is 459 g/mol. The third kappa shape index (κ3) is 6.42.